The number of carbonyl (C=O) groups is 1. The molecule has 2 aromatic rings. The zero-order valence-corrected chi connectivity index (χ0v) is 12.1. The van der Waals surface area contributed by atoms with Crippen molar-refractivity contribution in [1.82, 2.24) is 9.97 Å². The number of aromatic nitrogens is 2. The van der Waals surface area contributed by atoms with Gasteiger partial charge < -0.3 is 11.1 Å². The fraction of sp³-hybridized carbons (Fsp3) is 0.154. The molecule has 1 aliphatic heterocycles. The smallest absolute Gasteiger partial charge is 0.258 e. The molecule has 0 aliphatic carbocycles. The Morgan fingerprint density at radius 1 is 1.29 bits per heavy atom. The zero-order chi connectivity index (χ0) is 15.1. The minimum absolute atomic E-state index is 0.0584. The van der Waals surface area contributed by atoms with Crippen molar-refractivity contribution in [3.05, 3.63) is 49.7 Å². The minimum atomic E-state index is -0.517. The van der Waals surface area contributed by atoms with Crippen LogP contribution in [0.1, 0.15) is 23.5 Å². The van der Waals surface area contributed by atoms with Crippen LogP contribution >= 0.6 is 23.2 Å². The fourth-order valence-electron chi connectivity index (χ4n) is 2.44. The Morgan fingerprint density at radius 3 is 2.81 bits per heavy atom. The van der Waals surface area contributed by atoms with Crippen molar-refractivity contribution in [3.8, 4) is 0 Å². The number of nitrogens with one attached hydrogen (secondary N) is 2. The number of fused-ring (bicyclic) bond motifs is 1. The number of hydrogen-bond donors (Lipinski definition) is 3. The van der Waals surface area contributed by atoms with Gasteiger partial charge in [0.05, 0.1) is 15.6 Å². The van der Waals surface area contributed by atoms with Crippen LogP contribution in [0.5, 0.6) is 0 Å². The van der Waals surface area contributed by atoms with Crippen molar-refractivity contribution >= 4 is 40.9 Å². The molecule has 0 bridgehead atoms. The predicted molar refractivity (Wildman–Crippen MR) is 80.8 cm³/mol. The van der Waals surface area contributed by atoms with Crippen LogP contribution in [0.15, 0.2) is 23.0 Å². The largest absolute Gasteiger partial charge is 0.369 e. The number of hydrogen-bond acceptors (Lipinski definition) is 4. The van der Waals surface area contributed by atoms with Gasteiger partial charge in [-0.1, -0.05) is 35.3 Å². The van der Waals surface area contributed by atoms with E-state index in [1.54, 1.807) is 18.2 Å². The molecular weight excluding hydrogens is 315 g/mol. The summed E-state index contributed by atoms with van der Waals surface area (Å²) in [7, 11) is 0. The third-order valence-corrected chi connectivity index (χ3v) is 4.16. The van der Waals surface area contributed by atoms with Gasteiger partial charge in [-0.2, -0.15) is 4.98 Å². The van der Waals surface area contributed by atoms with Gasteiger partial charge in [-0.05, 0) is 11.6 Å². The highest BCUT2D eigenvalue weighted by molar-refractivity contribution is 6.42. The molecule has 3 rings (SSSR count). The number of H-pyrrole nitrogens is 1. The van der Waals surface area contributed by atoms with Crippen LogP contribution in [0.4, 0.5) is 11.8 Å². The van der Waals surface area contributed by atoms with Gasteiger partial charge in [0.1, 0.15) is 5.82 Å². The number of aromatic amines is 1. The first-order valence-electron chi connectivity index (χ1n) is 6.11. The van der Waals surface area contributed by atoms with Crippen molar-refractivity contribution < 1.29 is 4.79 Å². The lowest BCUT2D eigenvalue weighted by Gasteiger charge is -2.25. The molecule has 108 valence electrons. The Labute approximate surface area is 129 Å². The molecule has 1 amide bonds. The summed E-state index contributed by atoms with van der Waals surface area (Å²) >= 11 is 12.2. The number of carbonyl (C=O) groups excluding carboxylic acids is 1. The summed E-state index contributed by atoms with van der Waals surface area (Å²) in [5.74, 6) is -0.678. The van der Waals surface area contributed by atoms with E-state index in [0.717, 1.165) is 0 Å². The summed E-state index contributed by atoms with van der Waals surface area (Å²) in [6.45, 7) is 0. The van der Waals surface area contributed by atoms with Crippen molar-refractivity contribution in [2.24, 2.45) is 0 Å². The Hall–Kier alpha value is -2.05. The maximum Gasteiger partial charge on any atom is 0.258 e. The normalized spacial score (nSPS) is 17.2. The number of amides is 1. The van der Waals surface area contributed by atoms with Crippen molar-refractivity contribution in [3.63, 3.8) is 0 Å². The molecule has 1 aromatic heterocycles. The number of rotatable bonds is 1. The third-order valence-electron chi connectivity index (χ3n) is 3.33. The van der Waals surface area contributed by atoms with E-state index in [1.807, 2.05) is 0 Å². The van der Waals surface area contributed by atoms with Crippen molar-refractivity contribution in [1.29, 1.82) is 0 Å². The first-order valence-corrected chi connectivity index (χ1v) is 6.86. The van der Waals surface area contributed by atoms with E-state index in [-0.39, 0.29) is 24.1 Å². The van der Waals surface area contributed by atoms with E-state index in [9.17, 15) is 9.59 Å². The Balaban J connectivity index is 2.24. The topological polar surface area (TPSA) is 101 Å². The first kappa shape index (κ1) is 13.9. The average molecular weight is 325 g/mol. The number of nitrogens with two attached hydrogens (primary N) is 1. The maximum absolute atomic E-state index is 12.2. The Kier molecular flexibility index (Phi) is 3.35. The summed E-state index contributed by atoms with van der Waals surface area (Å²) in [5, 5.41) is 3.23. The number of nitrogen functional groups attached to an aromatic ring is 1. The molecule has 1 atom stereocenters. The zero-order valence-electron chi connectivity index (χ0n) is 10.6. The third kappa shape index (κ3) is 2.36. The lowest BCUT2D eigenvalue weighted by atomic mass is 9.87. The van der Waals surface area contributed by atoms with Gasteiger partial charge in [-0.3, -0.25) is 14.6 Å². The second-order valence-corrected chi connectivity index (χ2v) is 5.45. The highest BCUT2D eigenvalue weighted by Crippen LogP contribution is 2.39. The molecular formula is C13H10Cl2N4O2. The molecule has 21 heavy (non-hydrogen) atoms. The molecule has 2 heterocycles. The first-order chi connectivity index (χ1) is 9.97. The standard InChI is InChI=1S/C13H10Cl2N4O2/c14-7-3-1-2-5(10(7)15)6-4-8(20)17-11-9(6)12(21)19-13(16)18-11/h1-3,6H,4H2,(H4,16,17,18,19,20,21). The molecule has 4 N–H and O–H groups in total. The molecule has 6 nitrogen and oxygen atoms in total. The lowest BCUT2D eigenvalue weighted by molar-refractivity contribution is -0.116. The van der Waals surface area contributed by atoms with Gasteiger partial charge in [-0.25, -0.2) is 0 Å². The van der Waals surface area contributed by atoms with Gasteiger partial charge in [0.15, 0.2) is 0 Å². The van der Waals surface area contributed by atoms with E-state index in [4.69, 9.17) is 28.9 Å². The van der Waals surface area contributed by atoms with Crippen LogP contribution < -0.4 is 16.6 Å². The van der Waals surface area contributed by atoms with Gasteiger partial charge in [-0.15, -0.1) is 0 Å². The van der Waals surface area contributed by atoms with E-state index in [1.165, 1.54) is 0 Å². The van der Waals surface area contributed by atoms with Crippen molar-refractivity contribution in [2.75, 3.05) is 11.1 Å². The molecule has 8 heteroatoms. The molecule has 0 radical (unpaired) electrons. The van der Waals surface area contributed by atoms with E-state index in [2.05, 4.69) is 15.3 Å². The van der Waals surface area contributed by atoms with Gasteiger partial charge >= 0.3 is 0 Å². The van der Waals surface area contributed by atoms with E-state index >= 15 is 0 Å². The molecule has 1 aromatic carbocycles. The lowest BCUT2D eigenvalue weighted by Crippen LogP contribution is -2.31. The summed E-state index contributed by atoms with van der Waals surface area (Å²) in [5.41, 5.74) is 6.03. The summed E-state index contributed by atoms with van der Waals surface area (Å²) in [6.07, 6.45) is 0.0851. The van der Waals surface area contributed by atoms with Crippen LogP contribution in [-0.4, -0.2) is 15.9 Å². The summed E-state index contributed by atoms with van der Waals surface area (Å²) < 4.78 is 0. The molecule has 0 saturated carbocycles. The molecule has 0 spiro atoms. The van der Waals surface area contributed by atoms with Gasteiger partial charge in [0.25, 0.3) is 5.56 Å². The molecule has 0 saturated heterocycles. The minimum Gasteiger partial charge on any atom is -0.369 e. The second kappa shape index (κ2) is 5.05. The highest BCUT2D eigenvalue weighted by Gasteiger charge is 2.32. The van der Waals surface area contributed by atoms with E-state index in [0.29, 0.717) is 21.2 Å². The second-order valence-electron chi connectivity index (χ2n) is 4.66. The van der Waals surface area contributed by atoms with E-state index < -0.39 is 11.5 Å². The number of anilines is 2. The highest BCUT2D eigenvalue weighted by atomic mass is 35.5. The van der Waals surface area contributed by atoms with Gasteiger partial charge in [0.2, 0.25) is 11.9 Å². The monoisotopic (exact) mass is 324 g/mol. The summed E-state index contributed by atoms with van der Waals surface area (Å²) in [6, 6.07) is 5.09. The predicted octanol–water partition coefficient (Wildman–Crippen LogP) is 2.13. The quantitative estimate of drug-likeness (QED) is 0.747. The SMILES string of the molecule is Nc1nc2c(c(=O)[nH]1)C(c1cccc(Cl)c1Cl)CC(=O)N2. The maximum atomic E-state index is 12.2. The Morgan fingerprint density at radius 2 is 2.05 bits per heavy atom. The van der Waals surface area contributed by atoms with Crippen LogP contribution in [-0.2, 0) is 4.79 Å². The van der Waals surface area contributed by atoms with Crippen LogP contribution in [0.25, 0.3) is 0 Å². The number of benzene rings is 1. The summed E-state index contributed by atoms with van der Waals surface area (Å²) in [4.78, 5) is 30.4. The molecule has 1 aliphatic rings. The van der Waals surface area contributed by atoms with Gasteiger partial charge in [0, 0.05) is 12.3 Å². The average Bonchev–Trinajstić information content (AvgIpc) is 2.40. The molecule has 1 unspecified atom stereocenters. The molecule has 0 fully saturated rings. The number of nitrogens with zero attached hydrogens (tertiary/aromatic N) is 1. The number of halogens is 2. The van der Waals surface area contributed by atoms with Crippen molar-refractivity contribution in [2.45, 2.75) is 12.3 Å². The van der Waals surface area contributed by atoms with Crippen LogP contribution in [0.3, 0.4) is 0 Å². The van der Waals surface area contributed by atoms with Crippen LogP contribution in [0.2, 0.25) is 10.0 Å². The van der Waals surface area contributed by atoms with Crippen LogP contribution in [0, 0.1) is 0 Å². The Bertz CT molecular complexity index is 803. The fourth-order valence-corrected chi connectivity index (χ4v) is 2.88.